The van der Waals surface area contributed by atoms with Crippen molar-refractivity contribution in [3.63, 3.8) is 0 Å². The number of aromatic nitrogens is 2. The summed E-state index contributed by atoms with van der Waals surface area (Å²) in [6.45, 7) is 4.80. The Morgan fingerprint density at radius 1 is 1.35 bits per heavy atom. The second kappa shape index (κ2) is 7.19. The number of aryl methyl sites for hydroxylation is 1. The minimum atomic E-state index is -0.175. The zero-order valence-corrected chi connectivity index (χ0v) is 12.2. The van der Waals surface area contributed by atoms with E-state index in [9.17, 15) is 4.79 Å². The standard InChI is InChI=1S/C14H22N4O2/c1-11-10-12(13(19)15-6-9-20-2)17-14(16-11)18-7-4-3-5-8-18/h10H,3-9H2,1-2H3,(H,15,19). The van der Waals surface area contributed by atoms with E-state index in [1.165, 1.54) is 6.42 Å². The molecule has 20 heavy (non-hydrogen) atoms. The molecule has 0 radical (unpaired) electrons. The molecule has 0 bridgehead atoms. The van der Waals surface area contributed by atoms with Crippen molar-refractivity contribution < 1.29 is 9.53 Å². The van der Waals surface area contributed by atoms with Gasteiger partial charge in [-0.05, 0) is 32.3 Å². The lowest BCUT2D eigenvalue weighted by Crippen LogP contribution is -2.33. The lowest BCUT2D eigenvalue weighted by atomic mass is 10.1. The van der Waals surface area contributed by atoms with Crippen LogP contribution in [0.3, 0.4) is 0 Å². The minimum absolute atomic E-state index is 0.175. The van der Waals surface area contributed by atoms with Gasteiger partial charge in [0.25, 0.3) is 5.91 Å². The molecule has 0 saturated carbocycles. The molecule has 2 heterocycles. The predicted molar refractivity (Wildman–Crippen MR) is 77.0 cm³/mol. The fourth-order valence-electron chi connectivity index (χ4n) is 2.26. The van der Waals surface area contributed by atoms with Gasteiger partial charge in [-0.15, -0.1) is 0 Å². The van der Waals surface area contributed by atoms with E-state index in [0.29, 0.717) is 24.8 Å². The highest BCUT2D eigenvalue weighted by atomic mass is 16.5. The summed E-state index contributed by atoms with van der Waals surface area (Å²) in [5.41, 5.74) is 1.24. The lowest BCUT2D eigenvalue weighted by molar-refractivity contribution is 0.0932. The Labute approximate surface area is 119 Å². The molecule has 0 aliphatic carbocycles. The normalized spacial score (nSPS) is 15.2. The Kier molecular flexibility index (Phi) is 5.29. The maximum atomic E-state index is 12.0. The minimum Gasteiger partial charge on any atom is -0.383 e. The monoisotopic (exact) mass is 278 g/mol. The van der Waals surface area contributed by atoms with Crippen LogP contribution in [0, 0.1) is 6.92 Å². The van der Waals surface area contributed by atoms with Gasteiger partial charge in [-0.1, -0.05) is 0 Å². The van der Waals surface area contributed by atoms with Crippen molar-refractivity contribution in [3.05, 3.63) is 17.5 Å². The molecule has 110 valence electrons. The fourth-order valence-corrected chi connectivity index (χ4v) is 2.26. The third-order valence-corrected chi connectivity index (χ3v) is 3.31. The molecule has 2 rings (SSSR count). The van der Waals surface area contributed by atoms with E-state index in [2.05, 4.69) is 20.2 Å². The van der Waals surface area contributed by atoms with Crippen LogP contribution in [0.5, 0.6) is 0 Å². The molecule has 6 heteroatoms. The van der Waals surface area contributed by atoms with Gasteiger partial charge in [-0.2, -0.15) is 0 Å². The smallest absolute Gasteiger partial charge is 0.270 e. The molecule has 1 amide bonds. The number of anilines is 1. The second-order valence-corrected chi connectivity index (χ2v) is 4.99. The van der Waals surface area contributed by atoms with Crippen LogP contribution in [0.4, 0.5) is 5.95 Å². The number of carbonyl (C=O) groups is 1. The summed E-state index contributed by atoms with van der Waals surface area (Å²) in [5, 5.41) is 2.78. The van der Waals surface area contributed by atoms with Crippen LogP contribution in [0.1, 0.15) is 35.4 Å². The molecule has 1 aromatic rings. The van der Waals surface area contributed by atoms with Crippen molar-refractivity contribution in [1.29, 1.82) is 0 Å². The first-order valence-electron chi connectivity index (χ1n) is 7.08. The van der Waals surface area contributed by atoms with Gasteiger partial charge in [-0.3, -0.25) is 4.79 Å². The van der Waals surface area contributed by atoms with Crippen LogP contribution in [-0.2, 0) is 4.74 Å². The summed E-state index contributed by atoms with van der Waals surface area (Å²) in [6, 6.07) is 1.72. The Morgan fingerprint density at radius 3 is 2.80 bits per heavy atom. The fraction of sp³-hybridized carbons (Fsp3) is 0.643. The summed E-state index contributed by atoms with van der Waals surface area (Å²) in [4.78, 5) is 23.0. The summed E-state index contributed by atoms with van der Waals surface area (Å²) in [5.74, 6) is 0.493. The molecular weight excluding hydrogens is 256 g/mol. The predicted octanol–water partition coefficient (Wildman–Crippen LogP) is 1.15. The molecule has 0 aromatic carbocycles. The lowest BCUT2D eigenvalue weighted by Gasteiger charge is -2.27. The van der Waals surface area contributed by atoms with Gasteiger partial charge < -0.3 is 15.0 Å². The van der Waals surface area contributed by atoms with Crippen LogP contribution in [0.15, 0.2) is 6.07 Å². The number of nitrogens with one attached hydrogen (secondary N) is 1. The van der Waals surface area contributed by atoms with Gasteiger partial charge in [0.05, 0.1) is 6.61 Å². The summed E-state index contributed by atoms with van der Waals surface area (Å²) in [7, 11) is 1.61. The van der Waals surface area contributed by atoms with Gasteiger partial charge in [0.2, 0.25) is 5.95 Å². The average molecular weight is 278 g/mol. The number of hydrogen-bond donors (Lipinski definition) is 1. The van der Waals surface area contributed by atoms with Gasteiger partial charge in [0.15, 0.2) is 0 Å². The molecule has 6 nitrogen and oxygen atoms in total. The van der Waals surface area contributed by atoms with Crippen molar-refractivity contribution in [1.82, 2.24) is 15.3 Å². The number of methoxy groups -OCH3 is 1. The number of hydrogen-bond acceptors (Lipinski definition) is 5. The Hall–Kier alpha value is -1.69. The summed E-state index contributed by atoms with van der Waals surface area (Å²) in [6.07, 6.45) is 3.58. The summed E-state index contributed by atoms with van der Waals surface area (Å²) < 4.78 is 4.92. The molecule has 1 N–H and O–H groups in total. The van der Waals surface area contributed by atoms with Crippen molar-refractivity contribution in [3.8, 4) is 0 Å². The number of carbonyl (C=O) groups excluding carboxylic acids is 1. The molecule has 0 spiro atoms. The van der Waals surface area contributed by atoms with Crippen molar-refractivity contribution in [2.24, 2.45) is 0 Å². The van der Waals surface area contributed by atoms with E-state index in [-0.39, 0.29) is 5.91 Å². The van der Waals surface area contributed by atoms with Gasteiger partial charge in [-0.25, -0.2) is 9.97 Å². The van der Waals surface area contributed by atoms with Crippen LogP contribution in [0.25, 0.3) is 0 Å². The Morgan fingerprint density at radius 2 is 2.10 bits per heavy atom. The first kappa shape index (κ1) is 14.7. The topological polar surface area (TPSA) is 67.3 Å². The number of amides is 1. The molecule has 0 unspecified atom stereocenters. The zero-order chi connectivity index (χ0) is 14.4. The molecule has 1 aliphatic heterocycles. The quantitative estimate of drug-likeness (QED) is 0.818. The highest BCUT2D eigenvalue weighted by Gasteiger charge is 2.16. The maximum absolute atomic E-state index is 12.0. The van der Waals surface area contributed by atoms with Crippen molar-refractivity contribution in [2.75, 3.05) is 38.3 Å². The zero-order valence-electron chi connectivity index (χ0n) is 12.2. The SMILES string of the molecule is COCCNC(=O)c1cc(C)nc(N2CCCCC2)n1. The van der Waals surface area contributed by atoms with Crippen molar-refractivity contribution in [2.45, 2.75) is 26.2 Å². The highest BCUT2D eigenvalue weighted by molar-refractivity contribution is 5.92. The van der Waals surface area contributed by atoms with E-state index in [1.807, 2.05) is 6.92 Å². The average Bonchev–Trinajstić information content (AvgIpc) is 2.47. The van der Waals surface area contributed by atoms with E-state index in [1.54, 1.807) is 13.2 Å². The number of rotatable bonds is 5. The molecule has 1 saturated heterocycles. The van der Waals surface area contributed by atoms with Crippen LogP contribution < -0.4 is 10.2 Å². The molecule has 0 atom stereocenters. The van der Waals surface area contributed by atoms with Crippen LogP contribution >= 0.6 is 0 Å². The highest BCUT2D eigenvalue weighted by Crippen LogP contribution is 2.16. The third kappa shape index (κ3) is 3.90. The molecule has 1 fully saturated rings. The van der Waals surface area contributed by atoms with E-state index >= 15 is 0 Å². The third-order valence-electron chi connectivity index (χ3n) is 3.31. The first-order valence-corrected chi connectivity index (χ1v) is 7.08. The molecular formula is C14H22N4O2. The van der Waals surface area contributed by atoms with Crippen molar-refractivity contribution >= 4 is 11.9 Å². The van der Waals surface area contributed by atoms with E-state index in [4.69, 9.17) is 4.74 Å². The molecule has 1 aromatic heterocycles. The van der Waals surface area contributed by atoms with Gasteiger partial charge in [0.1, 0.15) is 5.69 Å². The van der Waals surface area contributed by atoms with Crippen LogP contribution in [0.2, 0.25) is 0 Å². The number of nitrogens with zero attached hydrogens (tertiary/aromatic N) is 3. The first-order chi connectivity index (χ1) is 9.70. The summed E-state index contributed by atoms with van der Waals surface area (Å²) >= 11 is 0. The number of piperidine rings is 1. The molecule has 1 aliphatic rings. The maximum Gasteiger partial charge on any atom is 0.270 e. The van der Waals surface area contributed by atoms with E-state index < -0.39 is 0 Å². The van der Waals surface area contributed by atoms with Crippen LogP contribution in [-0.4, -0.2) is 49.2 Å². The largest absolute Gasteiger partial charge is 0.383 e. The number of ether oxygens (including phenoxy) is 1. The Balaban J connectivity index is 2.09. The van der Waals surface area contributed by atoms with Gasteiger partial charge >= 0.3 is 0 Å². The second-order valence-electron chi connectivity index (χ2n) is 4.99. The van der Waals surface area contributed by atoms with Gasteiger partial charge in [0, 0.05) is 32.4 Å². The van der Waals surface area contributed by atoms with E-state index in [0.717, 1.165) is 31.6 Å². The Bertz CT molecular complexity index is 458.